The third kappa shape index (κ3) is 2.56. The number of benzene rings is 1. The predicted octanol–water partition coefficient (Wildman–Crippen LogP) is 3.30. The number of halogens is 1. The first kappa shape index (κ1) is 13.5. The van der Waals surface area contributed by atoms with Crippen LogP contribution < -0.4 is 0 Å². The molecule has 1 rings (SSSR count). The number of hydrogen-bond acceptors (Lipinski definition) is 2. The second-order valence-electron chi connectivity index (χ2n) is 4.28. The van der Waals surface area contributed by atoms with Crippen LogP contribution in [0.1, 0.15) is 31.9 Å². The van der Waals surface area contributed by atoms with Crippen LogP contribution in [-0.2, 0) is 21.4 Å². The zero-order chi connectivity index (χ0) is 12.3. The fourth-order valence-corrected chi connectivity index (χ4v) is 2.49. The molecular weight excluding hydrogens is 315 g/mol. The molecule has 88 valence electrons. The average molecular weight is 332 g/mol. The van der Waals surface area contributed by atoms with Gasteiger partial charge in [0.2, 0.25) is 0 Å². The summed E-state index contributed by atoms with van der Waals surface area (Å²) in [4.78, 5) is 11.7. The van der Waals surface area contributed by atoms with Crippen molar-refractivity contribution in [2.75, 3.05) is 7.11 Å². The van der Waals surface area contributed by atoms with Crippen LogP contribution in [0.5, 0.6) is 0 Å². The molecule has 0 aliphatic rings. The second-order valence-corrected chi connectivity index (χ2v) is 5.44. The molecule has 3 heteroatoms. The van der Waals surface area contributed by atoms with Gasteiger partial charge >= 0.3 is 5.97 Å². The Morgan fingerprint density at radius 1 is 1.44 bits per heavy atom. The van der Waals surface area contributed by atoms with Crippen molar-refractivity contribution in [1.29, 1.82) is 0 Å². The van der Waals surface area contributed by atoms with Crippen molar-refractivity contribution in [3.8, 4) is 0 Å². The molecule has 1 aromatic rings. The van der Waals surface area contributed by atoms with E-state index in [1.807, 2.05) is 19.9 Å². The zero-order valence-corrected chi connectivity index (χ0v) is 12.3. The highest BCUT2D eigenvalue weighted by Gasteiger charge is 2.31. The van der Waals surface area contributed by atoms with Gasteiger partial charge in [-0.15, -0.1) is 0 Å². The van der Waals surface area contributed by atoms with Crippen molar-refractivity contribution in [2.24, 2.45) is 0 Å². The highest BCUT2D eigenvalue weighted by Crippen LogP contribution is 2.27. The normalized spacial score (nSPS) is 11.3. The lowest BCUT2D eigenvalue weighted by Gasteiger charge is -2.22. The van der Waals surface area contributed by atoms with Gasteiger partial charge in [0.25, 0.3) is 0 Å². The predicted molar refractivity (Wildman–Crippen MR) is 73.6 cm³/mol. The summed E-state index contributed by atoms with van der Waals surface area (Å²) in [6.07, 6.45) is 1.01. The molecule has 1 aromatic carbocycles. The third-order valence-electron chi connectivity index (χ3n) is 2.85. The molecule has 0 aliphatic heterocycles. The first-order chi connectivity index (χ1) is 7.43. The SMILES string of the molecule is CCc1ccc(C(C)(C)C(=O)OC)cc1I. The number of rotatable bonds is 3. The van der Waals surface area contributed by atoms with E-state index in [0.29, 0.717) is 0 Å². The van der Waals surface area contributed by atoms with Crippen LogP contribution in [0.15, 0.2) is 18.2 Å². The Balaban J connectivity index is 3.14. The topological polar surface area (TPSA) is 26.3 Å². The molecule has 0 bridgehead atoms. The van der Waals surface area contributed by atoms with Gasteiger partial charge in [0, 0.05) is 3.57 Å². The Morgan fingerprint density at radius 2 is 2.06 bits per heavy atom. The van der Waals surface area contributed by atoms with E-state index >= 15 is 0 Å². The van der Waals surface area contributed by atoms with Gasteiger partial charge in [-0.25, -0.2) is 0 Å². The van der Waals surface area contributed by atoms with E-state index < -0.39 is 5.41 Å². The van der Waals surface area contributed by atoms with Crippen molar-refractivity contribution in [2.45, 2.75) is 32.6 Å². The average Bonchev–Trinajstić information content (AvgIpc) is 2.27. The molecule has 2 nitrogen and oxygen atoms in total. The molecule has 0 amide bonds. The van der Waals surface area contributed by atoms with E-state index in [0.717, 1.165) is 12.0 Å². The lowest BCUT2D eigenvalue weighted by atomic mass is 9.84. The number of hydrogen-bond donors (Lipinski definition) is 0. The summed E-state index contributed by atoms with van der Waals surface area (Å²) < 4.78 is 6.03. The van der Waals surface area contributed by atoms with Crippen molar-refractivity contribution in [3.05, 3.63) is 32.9 Å². The molecule has 0 N–H and O–H groups in total. The van der Waals surface area contributed by atoms with Gasteiger partial charge in [-0.3, -0.25) is 4.79 Å². The van der Waals surface area contributed by atoms with Crippen molar-refractivity contribution >= 4 is 28.6 Å². The Kier molecular flexibility index (Phi) is 4.35. The van der Waals surface area contributed by atoms with E-state index in [2.05, 4.69) is 41.6 Å². The Morgan fingerprint density at radius 3 is 2.50 bits per heavy atom. The van der Waals surface area contributed by atoms with Crippen LogP contribution in [0.4, 0.5) is 0 Å². The van der Waals surface area contributed by atoms with E-state index in [1.54, 1.807) is 0 Å². The number of aryl methyl sites for hydroxylation is 1. The lowest BCUT2D eigenvalue weighted by Crippen LogP contribution is -2.30. The number of esters is 1. The van der Waals surface area contributed by atoms with Gasteiger partial charge in [-0.2, -0.15) is 0 Å². The maximum atomic E-state index is 11.7. The molecule has 0 fully saturated rings. The van der Waals surface area contributed by atoms with E-state index in [4.69, 9.17) is 4.74 Å². The smallest absolute Gasteiger partial charge is 0.315 e. The van der Waals surface area contributed by atoms with Gasteiger partial charge in [0.1, 0.15) is 0 Å². The van der Waals surface area contributed by atoms with Gasteiger partial charge < -0.3 is 4.74 Å². The summed E-state index contributed by atoms with van der Waals surface area (Å²) in [7, 11) is 1.43. The molecule has 0 heterocycles. The fraction of sp³-hybridized carbons (Fsp3) is 0.462. The molecule has 0 aliphatic carbocycles. The molecule has 0 unspecified atom stereocenters. The lowest BCUT2D eigenvalue weighted by molar-refractivity contribution is -0.146. The highest BCUT2D eigenvalue weighted by molar-refractivity contribution is 14.1. The third-order valence-corrected chi connectivity index (χ3v) is 3.86. The molecule has 16 heavy (non-hydrogen) atoms. The first-order valence-corrected chi connectivity index (χ1v) is 6.38. The molecule has 0 spiro atoms. The molecular formula is C13H17IO2. The van der Waals surface area contributed by atoms with Crippen LogP contribution in [-0.4, -0.2) is 13.1 Å². The number of ether oxygens (including phenoxy) is 1. The summed E-state index contributed by atoms with van der Waals surface area (Å²) in [6, 6.07) is 6.16. The quantitative estimate of drug-likeness (QED) is 0.627. The van der Waals surface area contributed by atoms with Gasteiger partial charge in [0.15, 0.2) is 0 Å². The van der Waals surface area contributed by atoms with Crippen LogP contribution in [0, 0.1) is 3.57 Å². The summed E-state index contributed by atoms with van der Waals surface area (Å²) in [5, 5.41) is 0. The minimum atomic E-state index is -0.582. The number of carbonyl (C=O) groups excluding carboxylic acids is 1. The number of methoxy groups -OCH3 is 1. The van der Waals surface area contributed by atoms with Gasteiger partial charge in [0.05, 0.1) is 12.5 Å². The van der Waals surface area contributed by atoms with E-state index in [-0.39, 0.29) is 5.97 Å². The number of carbonyl (C=O) groups is 1. The van der Waals surface area contributed by atoms with E-state index in [9.17, 15) is 4.79 Å². The summed E-state index contributed by atoms with van der Waals surface area (Å²) in [6.45, 7) is 5.90. The molecule has 0 radical (unpaired) electrons. The molecule has 0 atom stereocenters. The monoisotopic (exact) mass is 332 g/mol. The van der Waals surface area contributed by atoms with Crippen LogP contribution >= 0.6 is 22.6 Å². The summed E-state index contributed by atoms with van der Waals surface area (Å²) in [5.74, 6) is -0.201. The maximum Gasteiger partial charge on any atom is 0.315 e. The molecule has 0 saturated heterocycles. The Bertz CT molecular complexity index is 397. The van der Waals surface area contributed by atoms with Crippen LogP contribution in [0.2, 0.25) is 0 Å². The van der Waals surface area contributed by atoms with Crippen LogP contribution in [0.3, 0.4) is 0 Å². The standard InChI is InChI=1S/C13H17IO2/c1-5-9-6-7-10(8-11(9)14)13(2,3)12(15)16-4/h6-8H,5H2,1-4H3. The highest BCUT2D eigenvalue weighted by atomic mass is 127. The first-order valence-electron chi connectivity index (χ1n) is 5.30. The largest absolute Gasteiger partial charge is 0.468 e. The minimum absolute atomic E-state index is 0.201. The summed E-state index contributed by atoms with van der Waals surface area (Å²) in [5.41, 5.74) is 1.73. The van der Waals surface area contributed by atoms with E-state index in [1.165, 1.54) is 16.2 Å². The summed E-state index contributed by atoms with van der Waals surface area (Å²) >= 11 is 2.31. The fourth-order valence-electron chi connectivity index (χ4n) is 1.60. The molecule has 0 aromatic heterocycles. The maximum absolute atomic E-state index is 11.7. The van der Waals surface area contributed by atoms with Gasteiger partial charge in [-0.05, 0) is 60.1 Å². The Labute approximate surface area is 111 Å². The van der Waals surface area contributed by atoms with Gasteiger partial charge in [-0.1, -0.05) is 19.1 Å². The van der Waals surface area contributed by atoms with Crippen molar-refractivity contribution < 1.29 is 9.53 Å². The molecule has 0 saturated carbocycles. The van der Waals surface area contributed by atoms with Crippen LogP contribution in [0.25, 0.3) is 0 Å². The van der Waals surface area contributed by atoms with Crippen molar-refractivity contribution in [3.63, 3.8) is 0 Å². The zero-order valence-electron chi connectivity index (χ0n) is 10.1. The second kappa shape index (κ2) is 5.17. The van der Waals surface area contributed by atoms with Crippen molar-refractivity contribution in [1.82, 2.24) is 0 Å². The Hall–Kier alpha value is -0.580. The minimum Gasteiger partial charge on any atom is -0.468 e.